The summed E-state index contributed by atoms with van der Waals surface area (Å²) in [6.07, 6.45) is 0. The molecule has 25 heavy (non-hydrogen) atoms. The maximum absolute atomic E-state index is 12.5. The normalized spacial score (nSPS) is 16.0. The molecule has 128 valence electrons. The molecular formula is C18H16N2O3S2. The summed E-state index contributed by atoms with van der Waals surface area (Å²) in [6.45, 7) is 2.11. The van der Waals surface area contributed by atoms with E-state index >= 15 is 0 Å². The molecule has 0 spiro atoms. The highest BCUT2D eigenvalue weighted by Crippen LogP contribution is 2.37. The van der Waals surface area contributed by atoms with E-state index in [-0.39, 0.29) is 18.0 Å². The molecule has 1 amide bonds. The van der Waals surface area contributed by atoms with Crippen molar-refractivity contribution in [1.82, 2.24) is 0 Å². The van der Waals surface area contributed by atoms with Gasteiger partial charge < -0.3 is 14.8 Å². The van der Waals surface area contributed by atoms with Crippen molar-refractivity contribution in [3.8, 4) is 11.5 Å². The van der Waals surface area contributed by atoms with Gasteiger partial charge in [-0.2, -0.15) is 0 Å². The monoisotopic (exact) mass is 372 g/mol. The Hall–Kier alpha value is -2.12. The number of thioether (sulfide) groups is 2. The van der Waals surface area contributed by atoms with Crippen molar-refractivity contribution in [2.75, 3.05) is 12.1 Å². The van der Waals surface area contributed by atoms with E-state index in [2.05, 4.69) is 16.4 Å². The number of para-hydroxylation sites is 1. The lowest BCUT2D eigenvalue weighted by Crippen LogP contribution is -2.23. The van der Waals surface area contributed by atoms with Crippen LogP contribution < -0.4 is 14.8 Å². The molecule has 0 saturated carbocycles. The summed E-state index contributed by atoms with van der Waals surface area (Å²) >= 11 is 3.15. The summed E-state index contributed by atoms with van der Waals surface area (Å²) in [4.78, 5) is 17.1. The molecule has 1 atom stereocenters. The maximum Gasteiger partial charge on any atom is 0.237 e. The first kappa shape index (κ1) is 16.4. The molecule has 0 unspecified atom stereocenters. The molecule has 2 aromatic carbocycles. The fourth-order valence-corrected chi connectivity index (χ4v) is 4.68. The van der Waals surface area contributed by atoms with E-state index in [0.29, 0.717) is 17.2 Å². The van der Waals surface area contributed by atoms with Crippen molar-refractivity contribution in [1.29, 1.82) is 0 Å². The molecular weight excluding hydrogens is 356 g/mol. The summed E-state index contributed by atoms with van der Waals surface area (Å²) in [5.41, 5.74) is 2.92. The Balaban J connectivity index is 1.40. The number of hydrogen-bond acceptors (Lipinski definition) is 6. The fourth-order valence-electron chi connectivity index (χ4n) is 2.50. The Morgan fingerprint density at radius 1 is 1.24 bits per heavy atom. The Bertz CT molecular complexity index is 854. The molecule has 0 fully saturated rings. The number of benzene rings is 2. The van der Waals surface area contributed by atoms with Crippen LogP contribution in [0, 0.1) is 0 Å². The number of hydrogen-bond donors (Lipinski definition) is 1. The van der Waals surface area contributed by atoms with Crippen LogP contribution in [0.15, 0.2) is 47.5 Å². The van der Waals surface area contributed by atoms with Crippen LogP contribution in [0.2, 0.25) is 0 Å². The summed E-state index contributed by atoms with van der Waals surface area (Å²) in [5.74, 6) is 2.18. The van der Waals surface area contributed by atoms with Crippen LogP contribution in [-0.2, 0) is 10.5 Å². The molecule has 2 aromatic rings. The highest BCUT2D eigenvalue weighted by molar-refractivity contribution is 8.39. The molecule has 7 heteroatoms. The summed E-state index contributed by atoms with van der Waals surface area (Å²) < 4.78 is 11.5. The topological polar surface area (TPSA) is 59.9 Å². The average molecular weight is 372 g/mol. The largest absolute Gasteiger partial charge is 0.454 e. The molecule has 0 saturated heterocycles. The van der Waals surface area contributed by atoms with Crippen LogP contribution in [0.5, 0.6) is 11.5 Å². The maximum atomic E-state index is 12.5. The van der Waals surface area contributed by atoms with Gasteiger partial charge in [-0.1, -0.05) is 41.7 Å². The minimum atomic E-state index is -0.248. The SMILES string of the molecule is C[C@H](SC1=Nc2ccccc2CS1)C(=O)Nc1ccc2c(c1)OCO2. The van der Waals surface area contributed by atoms with Gasteiger partial charge in [0.2, 0.25) is 12.7 Å². The first-order valence-corrected chi connectivity index (χ1v) is 9.72. The second-order valence-corrected chi connectivity index (χ2v) is 8.16. The van der Waals surface area contributed by atoms with E-state index in [1.807, 2.05) is 31.2 Å². The number of fused-ring (bicyclic) bond motifs is 2. The van der Waals surface area contributed by atoms with Gasteiger partial charge in [0.15, 0.2) is 11.5 Å². The van der Waals surface area contributed by atoms with Crippen LogP contribution in [0.1, 0.15) is 12.5 Å². The van der Waals surface area contributed by atoms with Crippen LogP contribution in [0.25, 0.3) is 0 Å². The third-order valence-corrected chi connectivity index (χ3v) is 6.14. The molecule has 0 aliphatic carbocycles. The minimum absolute atomic E-state index is 0.0639. The quantitative estimate of drug-likeness (QED) is 0.865. The molecule has 0 bridgehead atoms. The molecule has 2 aliphatic rings. The van der Waals surface area contributed by atoms with Crippen molar-refractivity contribution >= 4 is 45.2 Å². The van der Waals surface area contributed by atoms with Crippen LogP contribution in [0.3, 0.4) is 0 Å². The zero-order valence-corrected chi connectivity index (χ0v) is 15.2. The Kier molecular flexibility index (Phi) is 4.59. The van der Waals surface area contributed by atoms with Crippen molar-refractivity contribution in [3.05, 3.63) is 48.0 Å². The molecule has 0 aromatic heterocycles. The molecule has 2 aliphatic heterocycles. The zero-order chi connectivity index (χ0) is 17.2. The van der Waals surface area contributed by atoms with Crippen LogP contribution in [-0.4, -0.2) is 22.3 Å². The van der Waals surface area contributed by atoms with Gasteiger partial charge in [-0.05, 0) is 30.7 Å². The van der Waals surface area contributed by atoms with E-state index < -0.39 is 0 Å². The number of amides is 1. The summed E-state index contributed by atoms with van der Waals surface area (Å²) in [5, 5.41) is 2.67. The van der Waals surface area contributed by atoms with Crippen LogP contribution in [0.4, 0.5) is 11.4 Å². The van der Waals surface area contributed by atoms with Gasteiger partial charge >= 0.3 is 0 Å². The van der Waals surface area contributed by atoms with Gasteiger partial charge in [0.25, 0.3) is 0 Å². The number of carbonyl (C=O) groups excluding carboxylic acids is 1. The van der Waals surface area contributed by atoms with Gasteiger partial charge in [0, 0.05) is 17.5 Å². The second kappa shape index (κ2) is 7.01. The fraction of sp³-hybridized carbons (Fsp3) is 0.222. The molecule has 2 heterocycles. The molecule has 5 nitrogen and oxygen atoms in total. The number of nitrogens with zero attached hydrogens (tertiary/aromatic N) is 1. The lowest BCUT2D eigenvalue weighted by molar-refractivity contribution is -0.115. The highest BCUT2D eigenvalue weighted by atomic mass is 32.2. The standard InChI is InChI=1S/C18H16N2O3S2/c1-11(25-18-20-14-5-3-2-4-12(14)9-24-18)17(21)19-13-6-7-15-16(8-13)23-10-22-15/h2-8,11H,9-10H2,1H3,(H,19,21)/t11-/m0/s1. The lowest BCUT2D eigenvalue weighted by atomic mass is 10.2. The minimum Gasteiger partial charge on any atom is -0.454 e. The Morgan fingerprint density at radius 3 is 3.00 bits per heavy atom. The summed E-state index contributed by atoms with van der Waals surface area (Å²) in [6, 6.07) is 13.5. The number of ether oxygens (including phenoxy) is 2. The number of nitrogens with one attached hydrogen (secondary N) is 1. The van der Waals surface area contributed by atoms with E-state index in [9.17, 15) is 4.79 Å². The molecule has 0 radical (unpaired) electrons. The van der Waals surface area contributed by atoms with Crippen molar-refractivity contribution in [2.24, 2.45) is 4.99 Å². The number of rotatable bonds is 3. The van der Waals surface area contributed by atoms with Gasteiger partial charge in [-0.25, -0.2) is 4.99 Å². The number of aliphatic imine (C=N–C) groups is 1. The Labute approximate surface area is 154 Å². The van der Waals surface area contributed by atoms with E-state index in [4.69, 9.17) is 9.47 Å². The lowest BCUT2D eigenvalue weighted by Gasteiger charge is -2.17. The van der Waals surface area contributed by atoms with Gasteiger partial charge in [0.1, 0.15) is 4.38 Å². The van der Waals surface area contributed by atoms with Gasteiger partial charge in [-0.15, -0.1) is 0 Å². The predicted molar refractivity (Wildman–Crippen MR) is 103 cm³/mol. The van der Waals surface area contributed by atoms with Crippen LogP contribution >= 0.6 is 23.5 Å². The van der Waals surface area contributed by atoms with E-state index in [0.717, 1.165) is 15.8 Å². The molecule has 4 rings (SSSR count). The predicted octanol–water partition coefficient (Wildman–Crippen LogP) is 4.41. The van der Waals surface area contributed by atoms with Crippen molar-refractivity contribution in [2.45, 2.75) is 17.9 Å². The average Bonchev–Trinajstić information content (AvgIpc) is 3.09. The van der Waals surface area contributed by atoms with E-state index in [1.165, 1.54) is 17.3 Å². The first-order valence-electron chi connectivity index (χ1n) is 7.85. The third-order valence-electron chi connectivity index (χ3n) is 3.84. The number of carbonyl (C=O) groups is 1. The van der Waals surface area contributed by atoms with Gasteiger partial charge in [-0.3, -0.25) is 4.79 Å². The van der Waals surface area contributed by atoms with Gasteiger partial charge in [0.05, 0.1) is 10.9 Å². The second-order valence-electron chi connectivity index (χ2n) is 5.61. The summed E-state index contributed by atoms with van der Waals surface area (Å²) in [7, 11) is 0. The molecule has 1 N–H and O–H groups in total. The number of anilines is 1. The first-order chi connectivity index (χ1) is 12.2. The van der Waals surface area contributed by atoms with Crippen molar-refractivity contribution in [3.63, 3.8) is 0 Å². The Morgan fingerprint density at radius 2 is 2.08 bits per heavy atom. The van der Waals surface area contributed by atoms with E-state index in [1.54, 1.807) is 23.9 Å². The third kappa shape index (κ3) is 3.62. The highest BCUT2D eigenvalue weighted by Gasteiger charge is 2.21. The smallest absolute Gasteiger partial charge is 0.237 e. The zero-order valence-electron chi connectivity index (χ0n) is 13.5. The van der Waals surface area contributed by atoms with Crippen molar-refractivity contribution < 1.29 is 14.3 Å².